The second-order valence-corrected chi connectivity index (χ2v) is 6.49. The first-order valence-electron chi connectivity index (χ1n) is 8.89. The van der Waals surface area contributed by atoms with Crippen LogP contribution in [0, 0.1) is 10.1 Å². The molecule has 10 heteroatoms. The zero-order valence-electron chi connectivity index (χ0n) is 15.6. The highest BCUT2D eigenvalue weighted by molar-refractivity contribution is 5.97. The van der Waals surface area contributed by atoms with Crippen molar-refractivity contribution in [2.24, 2.45) is 0 Å². The lowest BCUT2D eigenvalue weighted by atomic mass is 10.2. The molecule has 1 aliphatic heterocycles. The number of carbonyl (C=O) groups is 2. The van der Waals surface area contributed by atoms with Crippen molar-refractivity contribution >= 4 is 23.3 Å². The molecule has 2 aromatic carbocycles. The van der Waals surface area contributed by atoms with Crippen LogP contribution in [0.25, 0.3) is 0 Å². The summed E-state index contributed by atoms with van der Waals surface area (Å²) in [6, 6.07) is 11.9. The summed E-state index contributed by atoms with van der Waals surface area (Å²) in [5.41, 5.74) is 2.96. The first-order valence-corrected chi connectivity index (χ1v) is 8.89. The zero-order valence-corrected chi connectivity index (χ0v) is 15.6. The van der Waals surface area contributed by atoms with E-state index in [1.807, 2.05) is 0 Å². The number of non-ortho nitro benzene ring substituents is 1. The Morgan fingerprint density at radius 3 is 2.66 bits per heavy atom. The highest BCUT2D eigenvalue weighted by atomic mass is 16.6. The molecule has 0 radical (unpaired) electrons. The highest BCUT2D eigenvalue weighted by Gasteiger charge is 2.35. The van der Waals surface area contributed by atoms with Crippen molar-refractivity contribution in [3.63, 3.8) is 0 Å². The van der Waals surface area contributed by atoms with E-state index >= 15 is 0 Å². The number of carbonyl (C=O) groups excluding carboxylic acids is 2. The van der Waals surface area contributed by atoms with E-state index in [4.69, 9.17) is 9.94 Å². The van der Waals surface area contributed by atoms with Crippen LogP contribution in [-0.4, -0.2) is 46.1 Å². The molecule has 152 valence electrons. The van der Waals surface area contributed by atoms with E-state index < -0.39 is 16.9 Å². The van der Waals surface area contributed by atoms with Crippen molar-refractivity contribution < 1.29 is 24.5 Å². The lowest BCUT2D eigenvalue weighted by Gasteiger charge is -2.23. The number of nitro benzene ring substituents is 1. The number of rotatable bonds is 7. The fourth-order valence-corrected chi connectivity index (χ4v) is 3.01. The van der Waals surface area contributed by atoms with E-state index in [2.05, 4.69) is 0 Å². The third-order valence-electron chi connectivity index (χ3n) is 4.68. The van der Waals surface area contributed by atoms with Crippen LogP contribution in [0.15, 0.2) is 48.5 Å². The summed E-state index contributed by atoms with van der Waals surface area (Å²) < 4.78 is 5.74. The SMILES string of the molecule is CC(C(=O)NO)N1CCN(c2cccc(OCc3ccc([N+](=O)[O-])cc3)c2)C1=O. The second-order valence-electron chi connectivity index (χ2n) is 6.49. The Labute approximate surface area is 166 Å². The molecule has 1 saturated heterocycles. The number of benzene rings is 2. The van der Waals surface area contributed by atoms with Gasteiger partial charge >= 0.3 is 6.03 Å². The van der Waals surface area contributed by atoms with Crippen molar-refractivity contribution in [2.75, 3.05) is 18.0 Å². The zero-order chi connectivity index (χ0) is 21.0. The quantitative estimate of drug-likeness (QED) is 0.417. The number of nitrogens with zero attached hydrogens (tertiary/aromatic N) is 3. The van der Waals surface area contributed by atoms with Crippen LogP contribution >= 0.6 is 0 Å². The molecule has 3 amide bonds. The van der Waals surface area contributed by atoms with Gasteiger partial charge in [-0.25, -0.2) is 10.3 Å². The first-order chi connectivity index (χ1) is 13.9. The molecule has 1 atom stereocenters. The number of ether oxygens (including phenoxy) is 1. The standard InChI is InChI=1S/C19H20N4O6/c1-13(18(24)20-26)21-9-10-22(19(21)25)16-3-2-4-17(11-16)29-12-14-5-7-15(8-6-14)23(27)28/h2-8,11,13,26H,9-10,12H2,1H3,(H,20,24). The Kier molecular flexibility index (Phi) is 5.93. The minimum atomic E-state index is -0.793. The first kappa shape index (κ1) is 20.1. The maximum absolute atomic E-state index is 12.6. The molecule has 1 fully saturated rings. The summed E-state index contributed by atoms with van der Waals surface area (Å²) >= 11 is 0. The lowest BCUT2D eigenvalue weighted by molar-refractivity contribution is -0.384. The molecule has 3 rings (SSSR count). The van der Waals surface area contributed by atoms with Crippen LogP contribution in [0.3, 0.4) is 0 Å². The van der Waals surface area contributed by atoms with Crippen LogP contribution in [0.5, 0.6) is 5.75 Å². The number of anilines is 1. The van der Waals surface area contributed by atoms with Crippen LogP contribution in [0.1, 0.15) is 12.5 Å². The average molecular weight is 400 g/mol. The Bertz CT molecular complexity index is 917. The monoisotopic (exact) mass is 400 g/mol. The summed E-state index contributed by atoms with van der Waals surface area (Å²) in [5.74, 6) is -0.117. The predicted octanol–water partition coefficient (Wildman–Crippen LogP) is 2.31. The number of nitrogens with one attached hydrogen (secondary N) is 1. The third kappa shape index (κ3) is 4.43. The van der Waals surface area contributed by atoms with Gasteiger partial charge in [0.1, 0.15) is 18.4 Å². The van der Waals surface area contributed by atoms with Crippen molar-refractivity contribution in [2.45, 2.75) is 19.6 Å². The van der Waals surface area contributed by atoms with Gasteiger partial charge in [0.05, 0.1) is 4.92 Å². The Hall–Kier alpha value is -3.66. The van der Waals surface area contributed by atoms with E-state index in [0.717, 1.165) is 5.56 Å². The number of hydrogen-bond acceptors (Lipinski definition) is 6. The fraction of sp³-hybridized carbons (Fsp3) is 0.263. The third-order valence-corrected chi connectivity index (χ3v) is 4.68. The number of urea groups is 1. The van der Waals surface area contributed by atoms with Crippen LogP contribution in [-0.2, 0) is 11.4 Å². The maximum Gasteiger partial charge on any atom is 0.325 e. The summed E-state index contributed by atoms with van der Waals surface area (Å²) in [6.45, 7) is 2.50. The number of amides is 3. The fourth-order valence-electron chi connectivity index (χ4n) is 3.01. The Balaban J connectivity index is 1.66. The normalized spacial score (nSPS) is 14.6. The number of hydrogen-bond donors (Lipinski definition) is 2. The van der Waals surface area contributed by atoms with Crippen LogP contribution in [0.2, 0.25) is 0 Å². The molecule has 10 nitrogen and oxygen atoms in total. The van der Waals surface area contributed by atoms with Gasteiger partial charge in [0.2, 0.25) is 0 Å². The average Bonchev–Trinajstić information content (AvgIpc) is 3.12. The van der Waals surface area contributed by atoms with E-state index in [1.165, 1.54) is 28.9 Å². The number of hydroxylamine groups is 1. The minimum absolute atomic E-state index is 0.0111. The molecule has 0 aliphatic carbocycles. The summed E-state index contributed by atoms with van der Waals surface area (Å²) in [5, 5.41) is 19.5. The van der Waals surface area contributed by atoms with Crippen LogP contribution < -0.4 is 15.1 Å². The van der Waals surface area contributed by atoms with Gasteiger partial charge < -0.3 is 9.64 Å². The van der Waals surface area contributed by atoms with Crippen molar-refractivity contribution in [1.29, 1.82) is 0 Å². The van der Waals surface area contributed by atoms with Gasteiger partial charge in [-0.1, -0.05) is 6.07 Å². The molecular formula is C19H20N4O6. The van der Waals surface area contributed by atoms with Gasteiger partial charge in [0, 0.05) is 37.0 Å². The van der Waals surface area contributed by atoms with E-state index in [1.54, 1.807) is 41.9 Å². The summed E-state index contributed by atoms with van der Waals surface area (Å²) in [4.78, 5) is 37.4. The molecule has 1 aliphatic rings. The minimum Gasteiger partial charge on any atom is -0.489 e. The van der Waals surface area contributed by atoms with E-state index in [-0.39, 0.29) is 18.3 Å². The van der Waals surface area contributed by atoms with Crippen molar-refractivity contribution in [3.8, 4) is 5.75 Å². The number of nitro groups is 1. The van der Waals surface area contributed by atoms with E-state index in [0.29, 0.717) is 24.5 Å². The van der Waals surface area contributed by atoms with Crippen LogP contribution in [0.4, 0.5) is 16.2 Å². The van der Waals surface area contributed by atoms with Gasteiger partial charge in [-0.2, -0.15) is 0 Å². The molecule has 2 N–H and O–H groups in total. The molecule has 0 spiro atoms. The molecule has 0 saturated carbocycles. The van der Waals surface area contributed by atoms with Gasteiger partial charge in [-0.05, 0) is 36.8 Å². The second kappa shape index (κ2) is 8.57. The van der Waals surface area contributed by atoms with Crippen molar-refractivity contribution in [1.82, 2.24) is 10.4 Å². The Morgan fingerprint density at radius 2 is 2.00 bits per heavy atom. The largest absolute Gasteiger partial charge is 0.489 e. The lowest BCUT2D eigenvalue weighted by Crippen LogP contribution is -2.46. The topological polar surface area (TPSA) is 125 Å². The molecule has 1 unspecified atom stereocenters. The summed E-state index contributed by atoms with van der Waals surface area (Å²) in [7, 11) is 0. The smallest absolute Gasteiger partial charge is 0.325 e. The van der Waals surface area contributed by atoms with Gasteiger partial charge in [-0.3, -0.25) is 25.0 Å². The molecule has 0 bridgehead atoms. The van der Waals surface area contributed by atoms with Crippen molar-refractivity contribution in [3.05, 3.63) is 64.2 Å². The van der Waals surface area contributed by atoms with E-state index in [9.17, 15) is 19.7 Å². The van der Waals surface area contributed by atoms with Gasteiger partial charge in [0.15, 0.2) is 0 Å². The molecule has 29 heavy (non-hydrogen) atoms. The maximum atomic E-state index is 12.6. The molecule has 0 aromatic heterocycles. The van der Waals surface area contributed by atoms with Gasteiger partial charge in [-0.15, -0.1) is 0 Å². The molecular weight excluding hydrogens is 380 g/mol. The molecule has 1 heterocycles. The predicted molar refractivity (Wildman–Crippen MR) is 103 cm³/mol. The highest BCUT2D eigenvalue weighted by Crippen LogP contribution is 2.26. The van der Waals surface area contributed by atoms with Gasteiger partial charge in [0.25, 0.3) is 11.6 Å². The molecule has 2 aromatic rings. The Morgan fingerprint density at radius 1 is 1.28 bits per heavy atom. The summed E-state index contributed by atoms with van der Waals surface area (Å²) in [6.07, 6.45) is 0.